The highest BCUT2D eigenvalue weighted by molar-refractivity contribution is 6.32. The second-order valence-corrected chi connectivity index (χ2v) is 5.81. The molecule has 0 saturated heterocycles. The topological polar surface area (TPSA) is 72.9 Å². The molecule has 0 amide bonds. The Balaban J connectivity index is 2.17. The standard InChI is InChI=1S/C14H23ClN4O/c1-2-7-19-14(20)13(15)12(9-17-19)18-11-6-4-3-5-10(11)8-16/h9-11,18H,2-8,16H2,1H3. The Hall–Kier alpha value is -1.07. The van der Waals surface area contributed by atoms with Gasteiger partial charge < -0.3 is 11.1 Å². The summed E-state index contributed by atoms with van der Waals surface area (Å²) in [5.41, 5.74) is 6.23. The van der Waals surface area contributed by atoms with Crippen LogP contribution in [0.1, 0.15) is 39.0 Å². The van der Waals surface area contributed by atoms with Gasteiger partial charge in [-0.3, -0.25) is 4.79 Å². The van der Waals surface area contributed by atoms with Crippen LogP contribution in [-0.2, 0) is 6.54 Å². The number of anilines is 1. The first kappa shape index (κ1) is 15.3. The summed E-state index contributed by atoms with van der Waals surface area (Å²) in [7, 11) is 0. The molecule has 1 aromatic heterocycles. The van der Waals surface area contributed by atoms with Crippen LogP contribution in [-0.4, -0.2) is 22.4 Å². The van der Waals surface area contributed by atoms with E-state index in [-0.39, 0.29) is 16.6 Å². The number of nitrogens with two attached hydrogens (primary N) is 1. The monoisotopic (exact) mass is 298 g/mol. The van der Waals surface area contributed by atoms with E-state index in [0.29, 0.717) is 24.7 Å². The molecule has 1 aliphatic carbocycles. The molecule has 1 saturated carbocycles. The average molecular weight is 299 g/mol. The van der Waals surface area contributed by atoms with Crippen molar-refractivity contribution in [2.45, 2.75) is 51.6 Å². The highest BCUT2D eigenvalue weighted by Crippen LogP contribution is 2.28. The zero-order valence-corrected chi connectivity index (χ0v) is 12.7. The molecule has 5 nitrogen and oxygen atoms in total. The maximum atomic E-state index is 12.1. The highest BCUT2D eigenvalue weighted by atomic mass is 35.5. The van der Waals surface area contributed by atoms with Crippen LogP contribution >= 0.6 is 11.6 Å². The van der Waals surface area contributed by atoms with Gasteiger partial charge in [-0.1, -0.05) is 31.4 Å². The zero-order chi connectivity index (χ0) is 14.5. The lowest BCUT2D eigenvalue weighted by Gasteiger charge is -2.32. The number of nitrogens with one attached hydrogen (secondary N) is 1. The number of halogens is 1. The van der Waals surface area contributed by atoms with Gasteiger partial charge in [-0.2, -0.15) is 5.10 Å². The van der Waals surface area contributed by atoms with Crippen molar-refractivity contribution >= 4 is 17.3 Å². The summed E-state index contributed by atoms with van der Waals surface area (Å²) in [5.74, 6) is 0.442. The van der Waals surface area contributed by atoms with Gasteiger partial charge in [0.2, 0.25) is 0 Å². The molecule has 2 rings (SSSR count). The largest absolute Gasteiger partial charge is 0.379 e. The van der Waals surface area contributed by atoms with Crippen LogP contribution in [0.2, 0.25) is 5.02 Å². The van der Waals surface area contributed by atoms with Gasteiger partial charge in [0.1, 0.15) is 5.02 Å². The second-order valence-electron chi connectivity index (χ2n) is 5.43. The van der Waals surface area contributed by atoms with Crippen LogP contribution < -0.4 is 16.6 Å². The lowest BCUT2D eigenvalue weighted by atomic mass is 9.84. The fraction of sp³-hybridized carbons (Fsp3) is 0.714. The maximum Gasteiger partial charge on any atom is 0.287 e. The Morgan fingerprint density at radius 1 is 1.50 bits per heavy atom. The number of hydrogen-bond donors (Lipinski definition) is 2. The van der Waals surface area contributed by atoms with Gasteiger partial charge in [0, 0.05) is 12.6 Å². The molecule has 1 aliphatic rings. The molecule has 0 radical (unpaired) electrons. The predicted molar refractivity (Wildman–Crippen MR) is 82.2 cm³/mol. The molecule has 6 heteroatoms. The quantitative estimate of drug-likeness (QED) is 0.874. The maximum absolute atomic E-state index is 12.1. The van der Waals surface area contributed by atoms with Crippen LogP contribution in [0.25, 0.3) is 0 Å². The molecule has 0 aromatic carbocycles. The number of rotatable bonds is 5. The molecule has 2 unspecified atom stereocenters. The minimum Gasteiger partial charge on any atom is -0.379 e. The van der Waals surface area contributed by atoms with Gasteiger partial charge in [0.25, 0.3) is 5.56 Å². The van der Waals surface area contributed by atoms with E-state index in [1.807, 2.05) is 6.92 Å². The molecular weight excluding hydrogens is 276 g/mol. The Bertz CT molecular complexity index is 502. The highest BCUT2D eigenvalue weighted by Gasteiger charge is 2.24. The first-order valence-corrected chi connectivity index (χ1v) is 7.77. The first-order chi connectivity index (χ1) is 9.67. The summed E-state index contributed by atoms with van der Waals surface area (Å²) < 4.78 is 1.41. The molecule has 3 N–H and O–H groups in total. The minimum absolute atomic E-state index is 0.223. The number of nitrogens with zero attached hydrogens (tertiary/aromatic N) is 2. The lowest BCUT2D eigenvalue weighted by molar-refractivity contribution is 0.332. The van der Waals surface area contributed by atoms with Crippen molar-refractivity contribution in [1.82, 2.24) is 9.78 Å². The van der Waals surface area contributed by atoms with Crippen molar-refractivity contribution in [2.24, 2.45) is 11.7 Å². The summed E-state index contributed by atoms with van der Waals surface area (Å²) >= 11 is 6.18. The lowest BCUT2D eigenvalue weighted by Crippen LogP contribution is -2.37. The minimum atomic E-state index is -0.223. The fourth-order valence-electron chi connectivity index (χ4n) is 2.82. The summed E-state index contributed by atoms with van der Waals surface area (Å²) in [6.07, 6.45) is 7.12. The van der Waals surface area contributed by atoms with Crippen molar-refractivity contribution < 1.29 is 0 Å². The van der Waals surface area contributed by atoms with Crippen molar-refractivity contribution in [3.05, 3.63) is 21.6 Å². The normalized spacial score (nSPS) is 22.8. The number of hydrogen-bond acceptors (Lipinski definition) is 4. The van der Waals surface area contributed by atoms with E-state index >= 15 is 0 Å². The third-order valence-electron chi connectivity index (χ3n) is 3.97. The summed E-state index contributed by atoms with van der Waals surface area (Å²) in [6.45, 7) is 3.26. The summed E-state index contributed by atoms with van der Waals surface area (Å²) in [4.78, 5) is 12.1. The molecule has 0 bridgehead atoms. The van der Waals surface area contributed by atoms with Gasteiger partial charge in [-0.25, -0.2) is 4.68 Å². The van der Waals surface area contributed by atoms with Crippen molar-refractivity contribution in [1.29, 1.82) is 0 Å². The molecule has 2 atom stereocenters. The van der Waals surface area contributed by atoms with Gasteiger partial charge in [0.15, 0.2) is 0 Å². The number of aryl methyl sites for hydroxylation is 1. The third-order valence-corrected chi connectivity index (χ3v) is 4.34. The molecular formula is C14H23ClN4O. The Morgan fingerprint density at radius 2 is 2.25 bits per heavy atom. The van der Waals surface area contributed by atoms with Crippen LogP contribution in [0.5, 0.6) is 0 Å². The van der Waals surface area contributed by atoms with E-state index in [4.69, 9.17) is 17.3 Å². The summed E-state index contributed by atoms with van der Waals surface area (Å²) in [5, 5.41) is 7.77. The zero-order valence-electron chi connectivity index (χ0n) is 11.9. The second kappa shape index (κ2) is 7.09. The van der Waals surface area contributed by atoms with Crippen molar-refractivity contribution in [3.63, 3.8) is 0 Å². The molecule has 20 heavy (non-hydrogen) atoms. The van der Waals surface area contributed by atoms with Crippen molar-refractivity contribution in [2.75, 3.05) is 11.9 Å². The van der Waals surface area contributed by atoms with E-state index < -0.39 is 0 Å². The van der Waals surface area contributed by atoms with E-state index in [1.54, 1.807) is 6.20 Å². The van der Waals surface area contributed by atoms with E-state index in [1.165, 1.54) is 17.5 Å². The summed E-state index contributed by atoms with van der Waals surface area (Å²) in [6, 6.07) is 0.287. The molecule has 1 aromatic rings. The molecule has 112 valence electrons. The van der Waals surface area contributed by atoms with Gasteiger partial charge in [0.05, 0.1) is 11.9 Å². The van der Waals surface area contributed by atoms with Crippen LogP contribution in [0.15, 0.2) is 11.0 Å². The molecule has 1 heterocycles. The number of aromatic nitrogens is 2. The molecule has 1 fully saturated rings. The fourth-order valence-corrected chi connectivity index (χ4v) is 3.02. The van der Waals surface area contributed by atoms with Gasteiger partial charge in [-0.05, 0) is 31.7 Å². The van der Waals surface area contributed by atoms with Crippen LogP contribution in [0.3, 0.4) is 0 Å². The first-order valence-electron chi connectivity index (χ1n) is 7.39. The average Bonchev–Trinajstić information content (AvgIpc) is 2.47. The predicted octanol–water partition coefficient (Wildman–Crippen LogP) is 2.24. The van der Waals surface area contributed by atoms with Crippen LogP contribution in [0, 0.1) is 5.92 Å². The Kier molecular flexibility index (Phi) is 5.43. The molecule has 0 aliphatic heterocycles. The van der Waals surface area contributed by atoms with Gasteiger partial charge in [-0.15, -0.1) is 0 Å². The van der Waals surface area contributed by atoms with Crippen LogP contribution in [0.4, 0.5) is 5.69 Å². The third kappa shape index (κ3) is 3.33. The Labute approximate surface area is 124 Å². The van der Waals surface area contributed by atoms with E-state index in [0.717, 1.165) is 19.3 Å². The van der Waals surface area contributed by atoms with E-state index in [9.17, 15) is 4.79 Å². The smallest absolute Gasteiger partial charge is 0.287 e. The van der Waals surface area contributed by atoms with E-state index in [2.05, 4.69) is 10.4 Å². The Morgan fingerprint density at radius 3 is 2.95 bits per heavy atom. The SMILES string of the molecule is CCCn1ncc(NC2CCCCC2CN)c(Cl)c1=O. The van der Waals surface area contributed by atoms with Gasteiger partial charge >= 0.3 is 0 Å². The van der Waals surface area contributed by atoms with Crippen molar-refractivity contribution in [3.8, 4) is 0 Å². The molecule has 0 spiro atoms.